The molecule has 468 valence electrons. The molecule has 0 spiro atoms. The molecule has 0 aromatic heterocycles. The van der Waals surface area contributed by atoms with Crippen LogP contribution in [-0.4, -0.2) is 125 Å². The Bertz CT molecular complexity index is 2740. The molecule has 18 nitrogen and oxygen atoms in total. The van der Waals surface area contributed by atoms with Gasteiger partial charge in [0.05, 0.1) is 37.2 Å². The van der Waals surface area contributed by atoms with Crippen molar-refractivity contribution in [2.45, 2.75) is 220 Å². The molecule has 1 aromatic rings. The van der Waals surface area contributed by atoms with Crippen LogP contribution >= 0.6 is 0 Å². The van der Waals surface area contributed by atoms with E-state index < -0.39 is 124 Å². The molecule has 2 bridgehead atoms. The zero-order chi connectivity index (χ0) is 62.9. The van der Waals surface area contributed by atoms with Crippen molar-refractivity contribution in [3.05, 3.63) is 114 Å². The second-order valence-corrected chi connectivity index (χ2v) is 24.5. The fourth-order valence-corrected chi connectivity index (χ4v) is 12.1. The normalized spacial score (nSPS) is 27.3. The number of hydrogen-bond acceptors (Lipinski definition) is 17. The molecule has 3 N–H and O–H groups in total. The summed E-state index contributed by atoms with van der Waals surface area (Å²) in [6.07, 6.45) is 18.3. The number of allylic oxidation sites excluding steroid dienone is 12. The van der Waals surface area contributed by atoms with Crippen LogP contribution in [0.4, 0.5) is 4.79 Å². The molecule has 5 rings (SSSR count). The lowest BCUT2D eigenvalue weighted by Gasteiger charge is -2.67. The van der Waals surface area contributed by atoms with E-state index in [4.69, 9.17) is 37.9 Å². The highest BCUT2D eigenvalue weighted by atomic mass is 16.6. The lowest BCUT2D eigenvalue weighted by atomic mass is 9.44. The van der Waals surface area contributed by atoms with Gasteiger partial charge in [-0.1, -0.05) is 127 Å². The number of ether oxygens (including phenoxy) is 8. The summed E-state index contributed by atoms with van der Waals surface area (Å²) in [4.78, 5) is 101. The Hall–Kier alpha value is -6.63. The fraction of sp³-hybridized carbons (Fsp3) is 0.597. The summed E-state index contributed by atoms with van der Waals surface area (Å²) < 4.78 is 48.5. The average Bonchev–Trinajstić information content (AvgIpc) is 0.692. The minimum absolute atomic E-state index is 0.0277. The van der Waals surface area contributed by atoms with Crippen LogP contribution in [0.2, 0.25) is 0 Å². The molecule has 3 fully saturated rings. The topological polar surface area (TPSA) is 246 Å². The van der Waals surface area contributed by atoms with E-state index in [-0.39, 0.29) is 67.1 Å². The predicted molar refractivity (Wildman–Crippen MR) is 320 cm³/mol. The van der Waals surface area contributed by atoms with E-state index in [0.29, 0.717) is 6.42 Å². The highest BCUT2D eigenvalue weighted by Gasteiger charge is 2.78. The van der Waals surface area contributed by atoms with Crippen LogP contribution in [0.1, 0.15) is 170 Å². The number of para-hydroxylation sites is 1. The fourth-order valence-electron chi connectivity index (χ4n) is 12.1. The molecule has 1 aliphatic heterocycles. The molecular formula is C67H93NO17. The summed E-state index contributed by atoms with van der Waals surface area (Å²) in [7, 11) is 1.35. The van der Waals surface area contributed by atoms with Gasteiger partial charge in [0.15, 0.2) is 17.5 Å². The number of nitrogens with one attached hydrogen (secondary N) is 1. The van der Waals surface area contributed by atoms with Crippen molar-refractivity contribution in [1.29, 1.82) is 0 Å². The SMILES string of the molecule is CC/C=C\C/C=C\C/C=C\C/C=C\C/C=C\C/C=C\CCC(=O)O[C@@H](C(=O)O[C@H]1C[C@@]2(O)C(OC(=O)c3ccccc3OC)C3[C@](C)(C(=O)[C@H](OC(=O)CC)C(=C1C)C2(C)C)[C@@H](O)C[C@H]1OC[C@@]31OC(C)=O)[C@H](CC(C)C)NC(=O)OC(C)(C)C. The molecule has 3 aliphatic carbocycles. The van der Waals surface area contributed by atoms with E-state index in [9.17, 15) is 34.2 Å². The molecular weight excluding hydrogens is 1090 g/mol. The third-order valence-corrected chi connectivity index (χ3v) is 16.4. The van der Waals surface area contributed by atoms with Gasteiger partial charge >= 0.3 is 35.9 Å². The van der Waals surface area contributed by atoms with Crippen molar-refractivity contribution in [2.75, 3.05) is 13.7 Å². The first-order valence-electron chi connectivity index (χ1n) is 29.9. The zero-order valence-electron chi connectivity index (χ0n) is 52.1. The number of esters is 5. The number of carbonyl (C=O) groups excluding carboxylic acids is 7. The van der Waals surface area contributed by atoms with Crippen LogP contribution in [0.25, 0.3) is 0 Å². The Kier molecular flexibility index (Phi) is 24.9. The molecule has 4 aliphatic rings. The number of benzene rings is 1. The number of fused-ring (bicyclic) bond motifs is 5. The van der Waals surface area contributed by atoms with E-state index in [1.165, 1.54) is 40.0 Å². The molecule has 1 aromatic carbocycles. The van der Waals surface area contributed by atoms with Gasteiger partial charge in [-0.05, 0) is 115 Å². The largest absolute Gasteiger partial charge is 0.496 e. The summed E-state index contributed by atoms with van der Waals surface area (Å²) in [6, 6.07) is 4.91. The highest BCUT2D eigenvalue weighted by Crippen LogP contribution is 2.64. The average molecular weight is 1180 g/mol. The van der Waals surface area contributed by atoms with Crippen LogP contribution in [0.3, 0.4) is 0 Å². The van der Waals surface area contributed by atoms with Crippen LogP contribution in [0.15, 0.2) is 108 Å². The Morgan fingerprint density at radius 2 is 1.40 bits per heavy atom. The Labute approximate surface area is 502 Å². The first-order chi connectivity index (χ1) is 40.1. The summed E-state index contributed by atoms with van der Waals surface area (Å²) >= 11 is 0. The van der Waals surface area contributed by atoms with E-state index in [1.54, 1.807) is 46.8 Å². The van der Waals surface area contributed by atoms with Crippen molar-refractivity contribution < 1.29 is 81.7 Å². The summed E-state index contributed by atoms with van der Waals surface area (Å²) in [5, 5.41) is 29.2. The number of alkyl carbamates (subject to hydrolysis) is 1. The smallest absolute Gasteiger partial charge is 0.408 e. The molecule has 1 amide bonds. The second kappa shape index (κ2) is 30.6. The van der Waals surface area contributed by atoms with Gasteiger partial charge in [-0.25, -0.2) is 14.4 Å². The van der Waals surface area contributed by atoms with Gasteiger partial charge in [0.2, 0.25) is 6.10 Å². The molecule has 1 saturated heterocycles. The lowest BCUT2D eigenvalue weighted by molar-refractivity contribution is -0.346. The maximum absolute atomic E-state index is 16.0. The third-order valence-electron chi connectivity index (χ3n) is 16.4. The van der Waals surface area contributed by atoms with Gasteiger partial charge < -0.3 is 53.4 Å². The maximum atomic E-state index is 16.0. The van der Waals surface area contributed by atoms with Crippen molar-refractivity contribution in [3.63, 3.8) is 0 Å². The van der Waals surface area contributed by atoms with Gasteiger partial charge in [0.1, 0.15) is 40.8 Å². The van der Waals surface area contributed by atoms with Crippen molar-refractivity contribution >= 4 is 41.7 Å². The molecule has 18 heteroatoms. The lowest BCUT2D eigenvalue weighted by Crippen LogP contribution is -2.82. The van der Waals surface area contributed by atoms with E-state index >= 15 is 9.59 Å². The summed E-state index contributed by atoms with van der Waals surface area (Å²) in [5.41, 5.74) is -9.14. The first-order valence-corrected chi connectivity index (χ1v) is 29.9. The Morgan fingerprint density at radius 3 is 1.92 bits per heavy atom. The number of hydrogen-bond donors (Lipinski definition) is 3. The quantitative estimate of drug-likeness (QED) is 0.0421. The number of amides is 1. The van der Waals surface area contributed by atoms with Crippen LogP contribution in [0.5, 0.6) is 5.75 Å². The summed E-state index contributed by atoms with van der Waals surface area (Å²) in [5.74, 6) is -7.26. The number of carbonyl (C=O) groups is 7. The van der Waals surface area contributed by atoms with Crippen LogP contribution in [-0.2, 0) is 57.1 Å². The van der Waals surface area contributed by atoms with Gasteiger partial charge in [0, 0.05) is 38.0 Å². The zero-order valence-corrected chi connectivity index (χ0v) is 52.1. The van der Waals surface area contributed by atoms with Crippen molar-refractivity contribution in [2.24, 2.45) is 22.7 Å². The van der Waals surface area contributed by atoms with E-state index in [1.807, 2.05) is 38.2 Å². The van der Waals surface area contributed by atoms with Gasteiger partial charge in [0.25, 0.3) is 0 Å². The number of aliphatic hydroxyl groups excluding tert-OH is 1. The molecule has 85 heavy (non-hydrogen) atoms. The highest BCUT2D eigenvalue weighted by molar-refractivity contribution is 5.96. The van der Waals surface area contributed by atoms with Crippen molar-refractivity contribution in [3.8, 4) is 5.75 Å². The Morgan fingerprint density at radius 1 is 0.824 bits per heavy atom. The number of rotatable bonds is 27. The molecule has 2 saturated carbocycles. The minimum atomic E-state index is -2.49. The molecule has 11 atom stereocenters. The molecule has 1 heterocycles. The molecule has 2 unspecified atom stereocenters. The standard InChI is InChI=1S/C67H93NO17/c1-14-16-17-18-19-20-21-22-23-24-25-26-27-28-29-30-31-32-33-38-53(72)82-55(47(39-43(3)4)68-62(76)85-63(7,8)9)61(75)80-49-41-67(77)59(83-60(74)46-36-34-35-37-48(46)78-13)57-65(12,50(70)40-51-66(57,42-79-51)84-45(6)69)58(73)56(81-52(71)15-2)54(44(49)5)64(67,10)11/h16-17,19-20,22-23,25-26,28-29,31-32,34-37,43,47,49-51,55-57,59,70,77H,14-15,18,21,24,27,30,33,38-42H2,1-13H3,(H,68,76)/b17-16-,20-19-,23-22-,26-25-,29-28-,32-31-/t47-,49-,50-,51+,55+,56+,57?,59?,65+,66-,67+/m0/s1. The minimum Gasteiger partial charge on any atom is -0.496 e. The van der Waals surface area contributed by atoms with Crippen LogP contribution in [0, 0.1) is 22.7 Å². The Balaban J connectivity index is 1.53. The van der Waals surface area contributed by atoms with Crippen LogP contribution < -0.4 is 10.1 Å². The predicted octanol–water partition coefficient (Wildman–Crippen LogP) is 10.9. The van der Waals surface area contributed by atoms with E-state index in [0.717, 1.165) is 39.0 Å². The number of Topliss-reactive ketones (excluding diaryl/α,β-unsaturated/α-hetero) is 1. The second-order valence-electron chi connectivity index (χ2n) is 24.5. The van der Waals surface area contributed by atoms with Gasteiger partial charge in [-0.3, -0.25) is 19.2 Å². The first kappa shape index (κ1) is 69.1. The van der Waals surface area contributed by atoms with Gasteiger partial charge in [-0.2, -0.15) is 0 Å². The number of methoxy groups -OCH3 is 1. The van der Waals surface area contributed by atoms with Crippen molar-refractivity contribution in [1.82, 2.24) is 5.32 Å². The van der Waals surface area contributed by atoms with E-state index in [2.05, 4.69) is 60.8 Å². The number of aliphatic hydroxyl groups is 2. The number of ketones is 1. The van der Waals surface area contributed by atoms with Gasteiger partial charge in [-0.15, -0.1) is 0 Å². The maximum Gasteiger partial charge on any atom is 0.408 e. The molecule has 0 radical (unpaired) electrons. The summed E-state index contributed by atoms with van der Waals surface area (Å²) in [6.45, 7) is 19.2. The monoisotopic (exact) mass is 1180 g/mol. The third kappa shape index (κ3) is 16.9.